The van der Waals surface area contributed by atoms with E-state index in [0.717, 1.165) is 0 Å². The Balaban J connectivity index is 3.07. The number of rotatable bonds is 2. The summed E-state index contributed by atoms with van der Waals surface area (Å²) in [5.41, 5.74) is -1.74. The van der Waals surface area contributed by atoms with Gasteiger partial charge >= 0.3 is 6.09 Å². The highest BCUT2D eigenvalue weighted by Gasteiger charge is 2.22. The number of benzene rings is 1. The average Bonchev–Trinajstić information content (AvgIpc) is 2.19. The Morgan fingerprint density at radius 1 is 1.25 bits per heavy atom. The normalized spacial score (nSPS) is 12.1. The zero-order valence-corrected chi connectivity index (χ0v) is 11.7. The first-order valence-electron chi connectivity index (χ1n) is 5.37. The summed E-state index contributed by atoms with van der Waals surface area (Å²) >= 11 is 0. The predicted molar refractivity (Wildman–Crippen MR) is 66.0 cm³/mol. The first-order chi connectivity index (χ1) is 8.90. The van der Waals surface area contributed by atoms with Gasteiger partial charge in [0.25, 0.3) is 10.1 Å². The highest BCUT2D eigenvalue weighted by molar-refractivity contribution is 7.85. The molecule has 0 heterocycles. The molecule has 0 bridgehead atoms. The zero-order chi connectivity index (χ0) is 15.7. The molecule has 2 N–H and O–H groups in total. The highest BCUT2D eigenvalue weighted by Crippen LogP contribution is 2.24. The summed E-state index contributed by atoms with van der Waals surface area (Å²) < 4.78 is 62.1. The quantitative estimate of drug-likeness (QED) is 0.819. The lowest BCUT2D eigenvalue weighted by Crippen LogP contribution is -2.27. The van der Waals surface area contributed by atoms with Crippen molar-refractivity contribution in [2.75, 3.05) is 5.32 Å². The molecule has 0 saturated heterocycles. The van der Waals surface area contributed by atoms with E-state index in [1.54, 1.807) is 20.8 Å². The number of ether oxygens (including phenoxy) is 1. The number of amides is 1. The fraction of sp³-hybridized carbons (Fsp3) is 0.364. The summed E-state index contributed by atoms with van der Waals surface area (Å²) in [6.45, 7) is 4.67. The van der Waals surface area contributed by atoms with E-state index in [-0.39, 0.29) is 0 Å². The van der Waals surface area contributed by atoms with Crippen molar-refractivity contribution in [2.45, 2.75) is 31.3 Å². The molecule has 1 amide bonds. The fourth-order valence-corrected chi connectivity index (χ4v) is 1.73. The van der Waals surface area contributed by atoms with E-state index < -0.39 is 44.0 Å². The number of carbonyl (C=O) groups is 1. The van der Waals surface area contributed by atoms with Crippen molar-refractivity contribution in [1.82, 2.24) is 0 Å². The maximum atomic E-state index is 13.5. The second-order valence-corrected chi connectivity index (χ2v) is 6.29. The van der Waals surface area contributed by atoms with Crippen LogP contribution in [0.2, 0.25) is 0 Å². The highest BCUT2D eigenvalue weighted by atomic mass is 32.2. The van der Waals surface area contributed by atoms with E-state index in [2.05, 4.69) is 0 Å². The summed E-state index contributed by atoms with van der Waals surface area (Å²) in [5, 5.41) is 1.83. The number of hydrogen-bond donors (Lipinski definition) is 2. The Bertz CT molecular complexity index is 614. The number of anilines is 1. The van der Waals surface area contributed by atoms with Gasteiger partial charge in [-0.1, -0.05) is 0 Å². The molecule has 6 nitrogen and oxygen atoms in total. The maximum Gasteiger partial charge on any atom is 0.412 e. The first-order valence-corrected chi connectivity index (χ1v) is 6.81. The third-order valence-corrected chi connectivity index (χ3v) is 2.77. The second kappa shape index (κ2) is 5.33. The number of halogens is 2. The van der Waals surface area contributed by atoms with Gasteiger partial charge in [-0.2, -0.15) is 8.42 Å². The topological polar surface area (TPSA) is 92.7 Å². The summed E-state index contributed by atoms with van der Waals surface area (Å²) in [4.78, 5) is 10.4. The van der Waals surface area contributed by atoms with Crippen LogP contribution < -0.4 is 5.32 Å². The average molecular weight is 309 g/mol. The minimum Gasteiger partial charge on any atom is -0.444 e. The van der Waals surface area contributed by atoms with Gasteiger partial charge in [0.15, 0.2) is 11.6 Å². The number of carbonyl (C=O) groups excluding carboxylic acids is 1. The van der Waals surface area contributed by atoms with Gasteiger partial charge in [0.2, 0.25) is 0 Å². The van der Waals surface area contributed by atoms with Crippen LogP contribution in [0.3, 0.4) is 0 Å². The molecule has 0 aliphatic carbocycles. The molecule has 0 aliphatic rings. The Morgan fingerprint density at radius 3 is 2.05 bits per heavy atom. The van der Waals surface area contributed by atoms with Crippen molar-refractivity contribution < 1.29 is 31.3 Å². The molecule has 0 saturated carbocycles. The standard InChI is InChI=1S/C11H13F2NO5S/c1-11(2,3)19-10(15)14-9-7(12)4-6(5-8(9)13)20(16,17)18/h4-5H,1-3H3,(H,14,15)(H,16,17,18). The molecule has 112 valence electrons. The van der Waals surface area contributed by atoms with Gasteiger partial charge in [-0.15, -0.1) is 0 Å². The van der Waals surface area contributed by atoms with Gasteiger partial charge in [-0.05, 0) is 32.9 Å². The summed E-state index contributed by atoms with van der Waals surface area (Å²) in [6.07, 6.45) is -1.10. The molecule has 9 heteroatoms. The second-order valence-electron chi connectivity index (χ2n) is 4.86. The summed E-state index contributed by atoms with van der Waals surface area (Å²) in [5.74, 6) is -2.72. The van der Waals surface area contributed by atoms with Crippen LogP contribution in [0.5, 0.6) is 0 Å². The molecule has 0 atom stereocenters. The molecule has 1 aromatic rings. The molecule has 1 aromatic carbocycles. The minimum absolute atomic E-state index is 0.380. The Hall–Kier alpha value is -1.74. The van der Waals surface area contributed by atoms with Gasteiger partial charge in [0.1, 0.15) is 11.3 Å². The molecule has 0 aliphatic heterocycles. The molecular formula is C11H13F2NO5S. The van der Waals surface area contributed by atoms with Crippen molar-refractivity contribution >= 4 is 21.9 Å². The minimum atomic E-state index is -4.75. The van der Waals surface area contributed by atoms with Gasteiger partial charge in [-0.25, -0.2) is 13.6 Å². The molecule has 20 heavy (non-hydrogen) atoms. The van der Waals surface area contributed by atoms with E-state index in [4.69, 9.17) is 9.29 Å². The molecule has 0 unspecified atom stereocenters. The number of hydrogen-bond acceptors (Lipinski definition) is 4. The lowest BCUT2D eigenvalue weighted by Gasteiger charge is -2.20. The zero-order valence-electron chi connectivity index (χ0n) is 10.9. The van der Waals surface area contributed by atoms with Gasteiger partial charge in [0.05, 0.1) is 4.90 Å². The SMILES string of the molecule is CC(C)(C)OC(=O)Nc1c(F)cc(S(=O)(=O)O)cc1F. The molecule has 0 radical (unpaired) electrons. The molecule has 0 fully saturated rings. The molecule has 0 aromatic heterocycles. The Morgan fingerprint density at radius 2 is 1.70 bits per heavy atom. The predicted octanol–water partition coefficient (Wildman–Crippen LogP) is 2.56. The maximum absolute atomic E-state index is 13.5. The van der Waals surface area contributed by atoms with E-state index in [9.17, 15) is 22.0 Å². The van der Waals surface area contributed by atoms with Crippen LogP contribution in [0, 0.1) is 11.6 Å². The van der Waals surface area contributed by atoms with Crippen LogP contribution >= 0.6 is 0 Å². The third-order valence-electron chi connectivity index (χ3n) is 1.94. The lowest BCUT2D eigenvalue weighted by molar-refractivity contribution is 0.0634. The van der Waals surface area contributed by atoms with Gasteiger partial charge < -0.3 is 4.74 Å². The van der Waals surface area contributed by atoms with Crippen molar-refractivity contribution in [3.63, 3.8) is 0 Å². The summed E-state index contributed by atoms with van der Waals surface area (Å²) in [7, 11) is -4.75. The van der Waals surface area contributed by atoms with Crippen LogP contribution in [-0.4, -0.2) is 24.7 Å². The van der Waals surface area contributed by atoms with Gasteiger partial charge in [-0.3, -0.25) is 9.87 Å². The molecular weight excluding hydrogens is 296 g/mol. The van der Waals surface area contributed by atoms with Crippen LogP contribution in [0.15, 0.2) is 17.0 Å². The first kappa shape index (κ1) is 16.3. The van der Waals surface area contributed by atoms with Crippen molar-refractivity contribution in [3.05, 3.63) is 23.8 Å². The molecule has 1 rings (SSSR count). The Labute approximate surface area is 114 Å². The van der Waals surface area contributed by atoms with E-state index in [0.29, 0.717) is 12.1 Å². The largest absolute Gasteiger partial charge is 0.444 e. The van der Waals surface area contributed by atoms with Crippen molar-refractivity contribution in [3.8, 4) is 0 Å². The third kappa shape index (κ3) is 4.42. The molecule has 0 spiro atoms. The van der Waals surface area contributed by atoms with E-state index in [1.165, 1.54) is 0 Å². The smallest absolute Gasteiger partial charge is 0.412 e. The van der Waals surface area contributed by atoms with Crippen LogP contribution in [0.1, 0.15) is 20.8 Å². The van der Waals surface area contributed by atoms with Crippen LogP contribution in [0.4, 0.5) is 19.3 Å². The van der Waals surface area contributed by atoms with E-state index in [1.807, 2.05) is 5.32 Å². The van der Waals surface area contributed by atoms with Crippen LogP contribution in [0.25, 0.3) is 0 Å². The van der Waals surface area contributed by atoms with Gasteiger partial charge in [0, 0.05) is 0 Å². The van der Waals surface area contributed by atoms with E-state index >= 15 is 0 Å². The Kier molecular flexibility index (Phi) is 4.35. The monoisotopic (exact) mass is 309 g/mol. The van der Waals surface area contributed by atoms with Crippen molar-refractivity contribution in [2.24, 2.45) is 0 Å². The summed E-state index contributed by atoms with van der Waals surface area (Å²) in [6, 6.07) is 0.760. The van der Waals surface area contributed by atoms with Crippen LogP contribution in [-0.2, 0) is 14.9 Å². The lowest BCUT2D eigenvalue weighted by atomic mass is 10.2. The van der Waals surface area contributed by atoms with Crippen molar-refractivity contribution in [1.29, 1.82) is 0 Å². The fourth-order valence-electron chi connectivity index (χ4n) is 1.22. The number of nitrogens with one attached hydrogen (secondary N) is 1.